The summed E-state index contributed by atoms with van der Waals surface area (Å²) in [4.78, 5) is 16.2. The number of rotatable bonds is 6. The molecule has 0 saturated heterocycles. The number of pyridine rings is 1. The van der Waals surface area contributed by atoms with Gasteiger partial charge < -0.3 is 9.47 Å². The monoisotopic (exact) mass is 408 g/mol. The normalized spacial score (nSPS) is 19.4. The van der Waals surface area contributed by atoms with Crippen LogP contribution < -0.4 is 4.74 Å². The highest BCUT2D eigenvalue weighted by Crippen LogP contribution is 2.36. The molecule has 0 spiro atoms. The smallest absolute Gasteiger partial charge is 0.309 e. The zero-order valence-corrected chi connectivity index (χ0v) is 16.1. The molecule has 25 heavy (non-hydrogen) atoms. The maximum atomic E-state index is 11.6. The zero-order chi connectivity index (χ0) is 18.0. The second kappa shape index (κ2) is 7.51. The standard InChI is InChI=1S/C17H21BrN4O3/c1-10-15(25-9-11-4-5-12(11)17(23)24-3)7-6-13(19-10)16-14(8-18)22(2)21-20-16/h6-7,11-12H,4-5,8-9H2,1-3H3/t11-,12+/m0/s1. The van der Waals surface area contributed by atoms with Crippen LogP contribution in [-0.4, -0.2) is 39.7 Å². The fourth-order valence-corrected chi connectivity index (χ4v) is 3.61. The van der Waals surface area contributed by atoms with Gasteiger partial charge in [0.1, 0.15) is 11.4 Å². The second-order valence-electron chi connectivity index (χ2n) is 6.20. The Kier molecular flexibility index (Phi) is 5.36. The topological polar surface area (TPSA) is 79.1 Å². The summed E-state index contributed by atoms with van der Waals surface area (Å²) in [6, 6.07) is 3.78. The maximum Gasteiger partial charge on any atom is 0.309 e. The Labute approximate surface area is 154 Å². The van der Waals surface area contributed by atoms with Crippen molar-refractivity contribution in [3.05, 3.63) is 23.5 Å². The van der Waals surface area contributed by atoms with Crippen LogP contribution in [0.2, 0.25) is 0 Å². The van der Waals surface area contributed by atoms with E-state index in [1.807, 2.05) is 26.1 Å². The average molecular weight is 409 g/mol. The predicted octanol–water partition coefficient (Wildman–Crippen LogP) is 2.66. The van der Waals surface area contributed by atoms with Crippen LogP contribution in [0.15, 0.2) is 12.1 Å². The van der Waals surface area contributed by atoms with Gasteiger partial charge in [-0.05, 0) is 31.9 Å². The van der Waals surface area contributed by atoms with Crippen LogP contribution in [0.5, 0.6) is 5.75 Å². The van der Waals surface area contributed by atoms with Crippen molar-refractivity contribution in [1.82, 2.24) is 20.0 Å². The summed E-state index contributed by atoms with van der Waals surface area (Å²) >= 11 is 3.46. The molecular formula is C17H21BrN4O3. The summed E-state index contributed by atoms with van der Waals surface area (Å²) in [5.74, 6) is 0.753. The fourth-order valence-electron chi connectivity index (χ4n) is 2.99. The number of alkyl halides is 1. The van der Waals surface area contributed by atoms with Gasteiger partial charge in [-0.1, -0.05) is 21.1 Å². The number of hydrogen-bond acceptors (Lipinski definition) is 6. The molecule has 2 aromatic heterocycles. The summed E-state index contributed by atoms with van der Waals surface area (Å²) in [6.07, 6.45) is 1.86. The van der Waals surface area contributed by atoms with Crippen molar-refractivity contribution >= 4 is 21.9 Å². The lowest BCUT2D eigenvalue weighted by molar-refractivity contribution is -0.152. The summed E-state index contributed by atoms with van der Waals surface area (Å²) in [5, 5.41) is 8.89. The van der Waals surface area contributed by atoms with Crippen molar-refractivity contribution in [2.45, 2.75) is 25.1 Å². The summed E-state index contributed by atoms with van der Waals surface area (Å²) in [5.41, 5.74) is 3.29. The molecule has 2 heterocycles. The number of ether oxygens (including phenoxy) is 2. The van der Waals surface area contributed by atoms with Gasteiger partial charge in [-0.3, -0.25) is 9.48 Å². The first-order valence-electron chi connectivity index (χ1n) is 8.18. The van der Waals surface area contributed by atoms with Crippen molar-refractivity contribution in [3.8, 4) is 17.1 Å². The summed E-state index contributed by atoms with van der Waals surface area (Å²) in [7, 11) is 3.28. The molecule has 2 aromatic rings. The number of methoxy groups -OCH3 is 1. The number of aryl methyl sites for hydroxylation is 2. The number of aromatic nitrogens is 4. The van der Waals surface area contributed by atoms with Crippen molar-refractivity contribution in [2.75, 3.05) is 13.7 Å². The molecule has 0 bridgehead atoms. The second-order valence-corrected chi connectivity index (χ2v) is 6.76. The van der Waals surface area contributed by atoms with Crippen molar-refractivity contribution in [1.29, 1.82) is 0 Å². The lowest BCUT2D eigenvalue weighted by Crippen LogP contribution is -2.37. The number of hydrogen-bond donors (Lipinski definition) is 0. The molecule has 134 valence electrons. The van der Waals surface area contributed by atoms with Crippen molar-refractivity contribution in [2.24, 2.45) is 18.9 Å². The molecule has 0 aliphatic heterocycles. The van der Waals surface area contributed by atoms with E-state index in [0.29, 0.717) is 11.9 Å². The van der Waals surface area contributed by atoms with E-state index in [1.54, 1.807) is 4.68 Å². The van der Waals surface area contributed by atoms with E-state index in [2.05, 4.69) is 31.2 Å². The Bertz CT molecular complexity index is 777. The Hall–Kier alpha value is -1.96. The van der Waals surface area contributed by atoms with Gasteiger partial charge in [0, 0.05) is 18.3 Å². The molecule has 0 aromatic carbocycles. The molecule has 0 amide bonds. The van der Waals surface area contributed by atoms with E-state index in [1.165, 1.54) is 7.11 Å². The molecule has 1 fully saturated rings. The molecular weight excluding hydrogens is 388 g/mol. The van der Waals surface area contributed by atoms with E-state index >= 15 is 0 Å². The fraction of sp³-hybridized carbons (Fsp3) is 0.529. The van der Waals surface area contributed by atoms with Gasteiger partial charge in [0.25, 0.3) is 0 Å². The van der Waals surface area contributed by atoms with E-state index in [-0.39, 0.29) is 17.8 Å². The molecule has 3 rings (SSSR count). The first-order chi connectivity index (χ1) is 12.0. The Morgan fingerprint density at radius 2 is 2.20 bits per heavy atom. The number of esters is 1. The van der Waals surface area contributed by atoms with Crippen LogP contribution in [0.3, 0.4) is 0 Å². The molecule has 0 N–H and O–H groups in total. The van der Waals surface area contributed by atoms with Gasteiger partial charge in [0.15, 0.2) is 0 Å². The van der Waals surface area contributed by atoms with Crippen LogP contribution in [0.1, 0.15) is 24.2 Å². The molecule has 7 nitrogen and oxygen atoms in total. The van der Waals surface area contributed by atoms with Crippen molar-refractivity contribution in [3.63, 3.8) is 0 Å². The first-order valence-corrected chi connectivity index (χ1v) is 9.30. The summed E-state index contributed by atoms with van der Waals surface area (Å²) < 4.78 is 12.5. The highest BCUT2D eigenvalue weighted by Gasteiger charge is 2.37. The lowest BCUT2D eigenvalue weighted by Gasteiger charge is -2.34. The molecule has 1 saturated carbocycles. The van der Waals surface area contributed by atoms with Gasteiger partial charge in [-0.15, -0.1) is 5.10 Å². The Morgan fingerprint density at radius 3 is 2.80 bits per heavy atom. The van der Waals surface area contributed by atoms with Gasteiger partial charge >= 0.3 is 5.97 Å². The number of carbonyl (C=O) groups is 1. The van der Waals surface area contributed by atoms with E-state index in [9.17, 15) is 4.79 Å². The van der Waals surface area contributed by atoms with Gasteiger partial charge in [0.2, 0.25) is 0 Å². The van der Waals surface area contributed by atoms with Crippen LogP contribution in [0.4, 0.5) is 0 Å². The molecule has 0 unspecified atom stereocenters. The number of carbonyl (C=O) groups excluding carboxylic acids is 1. The Balaban J connectivity index is 1.69. The van der Waals surface area contributed by atoms with Crippen LogP contribution in [-0.2, 0) is 21.9 Å². The minimum atomic E-state index is -0.144. The lowest BCUT2D eigenvalue weighted by atomic mass is 9.74. The predicted molar refractivity (Wildman–Crippen MR) is 95.3 cm³/mol. The van der Waals surface area contributed by atoms with E-state index in [0.717, 1.165) is 41.4 Å². The Morgan fingerprint density at radius 1 is 1.40 bits per heavy atom. The minimum Gasteiger partial charge on any atom is -0.491 e. The SMILES string of the molecule is COC(=O)[C@@H]1CC[C@H]1COc1ccc(-c2nnn(C)c2CBr)nc1C. The van der Waals surface area contributed by atoms with E-state index in [4.69, 9.17) is 9.47 Å². The van der Waals surface area contributed by atoms with Gasteiger partial charge in [-0.2, -0.15) is 0 Å². The largest absolute Gasteiger partial charge is 0.491 e. The van der Waals surface area contributed by atoms with Crippen LogP contribution in [0, 0.1) is 18.8 Å². The molecule has 8 heteroatoms. The number of nitrogens with zero attached hydrogens (tertiary/aromatic N) is 4. The highest BCUT2D eigenvalue weighted by atomic mass is 79.9. The molecule has 1 aliphatic rings. The first kappa shape index (κ1) is 17.8. The molecule has 2 atom stereocenters. The van der Waals surface area contributed by atoms with Crippen LogP contribution >= 0.6 is 15.9 Å². The van der Waals surface area contributed by atoms with Crippen LogP contribution in [0.25, 0.3) is 11.4 Å². The third kappa shape index (κ3) is 3.53. The highest BCUT2D eigenvalue weighted by molar-refractivity contribution is 9.08. The molecule has 0 radical (unpaired) electrons. The average Bonchev–Trinajstić information content (AvgIpc) is 2.95. The summed E-state index contributed by atoms with van der Waals surface area (Å²) in [6.45, 7) is 2.40. The van der Waals surface area contributed by atoms with E-state index < -0.39 is 0 Å². The third-order valence-corrected chi connectivity index (χ3v) is 5.25. The number of halogens is 1. The zero-order valence-electron chi connectivity index (χ0n) is 14.5. The quantitative estimate of drug-likeness (QED) is 0.539. The van der Waals surface area contributed by atoms with Gasteiger partial charge in [0.05, 0.1) is 36.7 Å². The van der Waals surface area contributed by atoms with Crippen molar-refractivity contribution < 1.29 is 14.3 Å². The third-order valence-electron chi connectivity index (χ3n) is 4.72. The van der Waals surface area contributed by atoms with Gasteiger partial charge in [-0.25, -0.2) is 4.98 Å². The minimum absolute atomic E-state index is 0.0429. The molecule has 1 aliphatic carbocycles. The maximum absolute atomic E-state index is 11.6.